The first kappa shape index (κ1) is 19.9. The fraction of sp³-hybridized carbons (Fsp3) is 0.188. The topological polar surface area (TPSA) is 86.3 Å². The van der Waals surface area contributed by atoms with Crippen molar-refractivity contribution in [3.8, 4) is 0 Å². The molecule has 116 valence electrons. The molecule has 0 aliphatic heterocycles. The van der Waals surface area contributed by atoms with E-state index in [9.17, 15) is 17.8 Å². The predicted molar refractivity (Wildman–Crippen MR) is 82.3 cm³/mol. The van der Waals surface area contributed by atoms with Crippen molar-refractivity contribution < 1.29 is 47.3 Å². The van der Waals surface area contributed by atoms with Crippen molar-refractivity contribution in [3.63, 3.8) is 0 Å². The minimum atomic E-state index is -4.34. The van der Waals surface area contributed by atoms with E-state index in [4.69, 9.17) is 0 Å². The number of carbonyl (C=O) groups is 1. The summed E-state index contributed by atoms with van der Waals surface area (Å²) in [7, 11) is -4.34. The number of benzene rings is 2. The van der Waals surface area contributed by atoms with Gasteiger partial charge >= 0.3 is 29.6 Å². The normalized spacial score (nSPS) is 10.9. The van der Waals surface area contributed by atoms with Crippen molar-refractivity contribution in [2.75, 3.05) is 12.3 Å². The standard InChI is InChI=1S/C16H17NO4S.Na/c18-16(17-11-12-22(19,20)21)15(13-7-3-1-4-8-13)14-9-5-2-6-10-14;/h1-10,15H,11-12H2,(H,17,18)(H,19,20,21);/q;+1/p-1. The predicted octanol–water partition coefficient (Wildman–Crippen LogP) is -1.52. The summed E-state index contributed by atoms with van der Waals surface area (Å²) in [5.74, 6) is -1.49. The Labute approximate surface area is 158 Å². The quantitative estimate of drug-likeness (QED) is 0.511. The van der Waals surface area contributed by atoms with Crippen LogP contribution in [0.1, 0.15) is 17.0 Å². The third-order valence-corrected chi connectivity index (χ3v) is 3.88. The second kappa shape index (κ2) is 9.20. The number of rotatable bonds is 6. The molecule has 2 aromatic rings. The maximum absolute atomic E-state index is 12.4. The fourth-order valence-electron chi connectivity index (χ4n) is 2.19. The van der Waals surface area contributed by atoms with Crippen LogP contribution in [0.2, 0.25) is 0 Å². The van der Waals surface area contributed by atoms with Crippen molar-refractivity contribution in [3.05, 3.63) is 71.8 Å². The van der Waals surface area contributed by atoms with Gasteiger partial charge in [-0.3, -0.25) is 4.79 Å². The minimum absolute atomic E-state index is 0. The van der Waals surface area contributed by atoms with Crippen LogP contribution in [0, 0.1) is 0 Å². The Balaban J connectivity index is 0.00000264. The van der Waals surface area contributed by atoms with Crippen LogP contribution in [0.15, 0.2) is 60.7 Å². The molecule has 0 fully saturated rings. The first-order valence-corrected chi connectivity index (χ1v) is 8.36. The maximum Gasteiger partial charge on any atom is 1.00 e. The SMILES string of the molecule is O=C(NCCS(=O)(=O)[O-])C(c1ccccc1)c1ccccc1.[Na+]. The molecule has 0 bridgehead atoms. The molecule has 7 heteroatoms. The Morgan fingerprint density at radius 2 is 1.39 bits per heavy atom. The first-order chi connectivity index (χ1) is 10.5. The number of carbonyl (C=O) groups excluding carboxylic acids is 1. The monoisotopic (exact) mass is 341 g/mol. The Morgan fingerprint density at radius 3 is 1.78 bits per heavy atom. The van der Waals surface area contributed by atoms with Crippen LogP contribution in [0.4, 0.5) is 0 Å². The molecule has 0 heterocycles. The first-order valence-electron chi connectivity index (χ1n) is 6.78. The van der Waals surface area contributed by atoms with Gasteiger partial charge in [-0.2, -0.15) is 0 Å². The Morgan fingerprint density at radius 1 is 0.957 bits per heavy atom. The molecule has 1 amide bonds. The molecule has 0 radical (unpaired) electrons. The number of hydrogen-bond donors (Lipinski definition) is 1. The summed E-state index contributed by atoms with van der Waals surface area (Å²) in [5, 5.41) is 2.52. The molecule has 0 atom stereocenters. The number of amides is 1. The average Bonchev–Trinajstić information content (AvgIpc) is 2.48. The molecule has 1 N–H and O–H groups in total. The average molecular weight is 341 g/mol. The molecule has 0 spiro atoms. The summed E-state index contributed by atoms with van der Waals surface area (Å²) in [5.41, 5.74) is 1.60. The molecule has 2 rings (SSSR count). The second-order valence-electron chi connectivity index (χ2n) is 4.81. The van der Waals surface area contributed by atoms with E-state index < -0.39 is 21.8 Å². The van der Waals surface area contributed by atoms with Gasteiger partial charge in [0, 0.05) is 6.54 Å². The van der Waals surface area contributed by atoms with Crippen molar-refractivity contribution in [1.29, 1.82) is 0 Å². The van der Waals surface area contributed by atoms with Gasteiger partial charge in [0.05, 0.1) is 21.8 Å². The van der Waals surface area contributed by atoms with Crippen molar-refractivity contribution in [1.82, 2.24) is 5.32 Å². The third kappa shape index (κ3) is 6.45. The van der Waals surface area contributed by atoms with Crippen LogP contribution in [0.3, 0.4) is 0 Å². The van der Waals surface area contributed by atoms with E-state index in [1.54, 1.807) is 0 Å². The molecule has 5 nitrogen and oxygen atoms in total. The van der Waals surface area contributed by atoms with E-state index in [2.05, 4.69) is 5.32 Å². The van der Waals surface area contributed by atoms with Crippen LogP contribution < -0.4 is 34.9 Å². The third-order valence-electron chi connectivity index (χ3n) is 3.18. The van der Waals surface area contributed by atoms with Gasteiger partial charge in [-0.1, -0.05) is 60.7 Å². The Hall–Kier alpha value is -1.18. The van der Waals surface area contributed by atoms with Crippen LogP contribution in [0.5, 0.6) is 0 Å². The van der Waals surface area contributed by atoms with Gasteiger partial charge < -0.3 is 9.87 Å². The fourth-order valence-corrected chi connectivity index (χ4v) is 2.54. The zero-order valence-electron chi connectivity index (χ0n) is 12.8. The molecule has 0 saturated heterocycles. The molecule has 0 aromatic heterocycles. The molecule has 0 aliphatic rings. The zero-order chi connectivity index (χ0) is 16.0. The Kier molecular flexibility index (Phi) is 7.94. The summed E-state index contributed by atoms with van der Waals surface area (Å²) in [6.07, 6.45) is 0. The molecular weight excluding hydrogens is 325 g/mol. The largest absolute Gasteiger partial charge is 1.00 e. The van der Waals surface area contributed by atoms with Crippen LogP contribution in [-0.2, 0) is 14.9 Å². The van der Waals surface area contributed by atoms with Crippen molar-refractivity contribution >= 4 is 16.0 Å². The van der Waals surface area contributed by atoms with Gasteiger partial charge in [-0.05, 0) is 11.1 Å². The summed E-state index contributed by atoms with van der Waals surface area (Å²) in [6.45, 7) is -0.194. The molecule has 23 heavy (non-hydrogen) atoms. The van der Waals surface area contributed by atoms with Gasteiger partial charge in [0.15, 0.2) is 0 Å². The van der Waals surface area contributed by atoms with Gasteiger partial charge in [0.25, 0.3) is 0 Å². The van der Waals surface area contributed by atoms with Gasteiger partial charge in [-0.25, -0.2) is 8.42 Å². The van der Waals surface area contributed by atoms with Crippen molar-refractivity contribution in [2.24, 2.45) is 0 Å². The zero-order valence-corrected chi connectivity index (χ0v) is 15.6. The molecule has 0 saturated carbocycles. The van der Waals surface area contributed by atoms with E-state index in [1.807, 2.05) is 60.7 Å². The van der Waals surface area contributed by atoms with Gasteiger partial charge in [0.1, 0.15) is 0 Å². The summed E-state index contributed by atoms with van der Waals surface area (Å²) >= 11 is 0. The van der Waals surface area contributed by atoms with E-state index in [1.165, 1.54) is 0 Å². The van der Waals surface area contributed by atoms with Gasteiger partial charge in [-0.15, -0.1) is 0 Å². The molecule has 0 aliphatic carbocycles. The molecule has 2 aromatic carbocycles. The van der Waals surface area contributed by atoms with Crippen LogP contribution in [-0.4, -0.2) is 31.2 Å². The summed E-state index contributed by atoms with van der Waals surface area (Å²) in [6, 6.07) is 18.4. The van der Waals surface area contributed by atoms with E-state index >= 15 is 0 Å². The summed E-state index contributed by atoms with van der Waals surface area (Å²) < 4.78 is 31.8. The second-order valence-corrected chi connectivity index (χ2v) is 6.33. The molecule has 0 unspecified atom stereocenters. The summed E-state index contributed by atoms with van der Waals surface area (Å²) in [4.78, 5) is 12.4. The smallest absolute Gasteiger partial charge is 0.748 e. The maximum atomic E-state index is 12.4. The minimum Gasteiger partial charge on any atom is -0.748 e. The Bertz CT molecular complexity index is 681. The van der Waals surface area contributed by atoms with E-state index in [0.29, 0.717) is 0 Å². The molecular formula is C16H16NNaO4S. The number of nitrogens with one attached hydrogen (secondary N) is 1. The number of hydrogen-bond acceptors (Lipinski definition) is 4. The van der Waals surface area contributed by atoms with E-state index in [0.717, 1.165) is 11.1 Å². The van der Waals surface area contributed by atoms with E-state index in [-0.39, 0.29) is 42.0 Å². The van der Waals surface area contributed by atoms with Crippen LogP contribution >= 0.6 is 0 Å². The van der Waals surface area contributed by atoms with Gasteiger partial charge in [0.2, 0.25) is 5.91 Å². The van der Waals surface area contributed by atoms with Crippen LogP contribution in [0.25, 0.3) is 0 Å². The van der Waals surface area contributed by atoms with Crippen molar-refractivity contribution in [2.45, 2.75) is 5.92 Å².